The van der Waals surface area contributed by atoms with Crippen molar-refractivity contribution in [2.24, 2.45) is 11.5 Å². The number of hydrogen-bond acceptors (Lipinski definition) is 4. The van der Waals surface area contributed by atoms with Crippen molar-refractivity contribution in [1.82, 2.24) is 5.32 Å². The topological polar surface area (TPSA) is 136 Å². The Morgan fingerprint density at radius 2 is 1.92 bits per heavy atom. The van der Waals surface area contributed by atoms with Crippen molar-refractivity contribution in [3.05, 3.63) is 0 Å². The van der Waals surface area contributed by atoms with Crippen molar-refractivity contribution >= 4 is 17.8 Å². The fourth-order valence-corrected chi connectivity index (χ4v) is 0.545. The molecule has 0 unspecified atom stereocenters. The van der Waals surface area contributed by atoms with Gasteiger partial charge in [0.25, 0.3) is 0 Å². The molecule has 0 heterocycles. The zero-order chi connectivity index (χ0) is 10.4. The second-order valence-electron chi connectivity index (χ2n) is 2.39. The first kappa shape index (κ1) is 11.4. The fourth-order valence-electron chi connectivity index (χ4n) is 0.545. The number of carboxylic acids is 1. The molecular formula is C6H11N3O4. The van der Waals surface area contributed by atoms with Crippen LogP contribution in [-0.4, -0.2) is 35.5 Å². The first-order valence-corrected chi connectivity index (χ1v) is 3.47. The molecule has 0 aromatic carbocycles. The second kappa shape index (κ2) is 5.09. The van der Waals surface area contributed by atoms with Crippen LogP contribution in [0, 0.1) is 0 Å². The lowest BCUT2D eigenvalue weighted by molar-refractivity contribution is -0.140. The lowest BCUT2D eigenvalue weighted by Gasteiger charge is -2.05. The molecule has 13 heavy (non-hydrogen) atoms. The van der Waals surface area contributed by atoms with E-state index in [4.69, 9.17) is 16.6 Å². The van der Waals surface area contributed by atoms with E-state index >= 15 is 0 Å². The Hall–Kier alpha value is -1.63. The Morgan fingerprint density at radius 1 is 1.38 bits per heavy atom. The van der Waals surface area contributed by atoms with Gasteiger partial charge in [-0.1, -0.05) is 0 Å². The van der Waals surface area contributed by atoms with Crippen LogP contribution in [0.1, 0.15) is 6.42 Å². The number of nitrogens with two attached hydrogens (primary N) is 2. The van der Waals surface area contributed by atoms with E-state index in [9.17, 15) is 14.4 Å². The molecular weight excluding hydrogens is 178 g/mol. The zero-order valence-corrected chi connectivity index (χ0v) is 6.82. The summed E-state index contributed by atoms with van der Waals surface area (Å²) in [4.78, 5) is 31.2. The molecule has 0 aliphatic heterocycles. The molecule has 0 bridgehead atoms. The number of carbonyl (C=O) groups excluding carboxylic acids is 2. The summed E-state index contributed by atoms with van der Waals surface area (Å²) in [6, 6.07) is -1.26. The minimum Gasteiger partial charge on any atom is -0.480 e. The van der Waals surface area contributed by atoms with Crippen LogP contribution in [0.4, 0.5) is 0 Å². The van der Waals surface area contributed by atoms with Crippen LogP contribution in [0.2, 0.25) is 0 Å². The Balaban J connectivity index is 3.74. The third-order valence-corrected chi connectivity index (χ3v) is 1.18. The van der Waals surface area contributed by atoms with Crippen LogP contribution in [0.15, 0.2) is 0 Å². The van der Waals surface area contributed by atoms with E-state index in [1.165, 1.54) is 0 Å². The SMILES string of the molecule is NC(=O)CNC(=O)C[C@H](N)C(=O)O. The number of rotatable bonds is 5. The maximum atomic E-state index is 10.8. The molecule has 7 heteroatoms. The molecule has 0 aliphatic rings. The Kier molecular flexibility index (Phi) is 4.45. The summed E-state index contributed by atoms with van der Waals surface area (Å²) in [5.41, 5.74) is 9.78. The van der Waals surface area contributed by atoms with Gasteiger partial charge >= 0.3 is 5.97 Å². The van der Waals surface area contributed by atoms with E-state index in [1.54, 1.807) is 0 Å². The molecule has 0 rings (SSSR count). The normalized spacial score (nSPS) is 11.8. The predicted molar refractivity (Wildman–Crippen MR) is 42.4 cm³/mol. The number of nitrogens with one attached hydrogen (secondary N) is 1. The Morgan fingerprint density at radius 3 is 2.31 bits per heavy atom. The molecule has 0 aliphatic carbocycles. The van der Waals surface area contributed by atoms with Gasteiger partial charge < -0.3 is 21.9 Å². The van der Waals surface area contributed by atoms with Crippen molar-refractivity contribution < 1.29 is 19.5 Å². The van der Waals surface area contributed by atoms with Gasteiger partial charge in [0.2, 0.25) is 11.8 Å². The smallest absolute Gasteiger partial charge is 0.321 e. The summed E-state index contributed by atoms with van der Waals surface area (Å²) in [5, 5.41) is 10.4. The molecule has 2 amide bonds. The monoisotopic (exact) mass is 189 g/mol. The number of amides is 2. The van der Waals surface area contributed by atoms with Gasteiger partial charge in [-0.2, -0.15) is 0 Å². The molecule has 1 atom stereocenters. The van der Waals surface area contributed by atoms with Gasteiger partial charge in [0, 0.05) is 0 Å². The summed E-state index contributed by atoms with van der Waals surface area (Å²) in [5.74, 6) is -2.58. The third-order valence-electron chi connectivity index (χ3n) is 1.18. The first-order chi connectivity index (χ1) is 5.93. The van der Waals surface area contributed by atoms with Gasteiger partial charge in [-0.15, -0.1) is 0 Å². The van der Waals surface area contributed by atoms with Gasteiger partial charge in [0.15, 0.2) is 0 Å². The Bertz CT molecular complexity index is 228. The lowest BCUT2D eigenvalue weighted by Crippen LogP contribution is -2.39. The first-order valence-electron chi connectivity index (χ1n) is 3.47. The summed E-state index contributed by atoms with van der Waals surface area (Å²) < 4.78 is 0. The maximum Gasteiger partial charge on any atom is 0.321 e. The molecule has 7 nitrogen and oxygen atoms in total. The van der Waals surface area contributed by atoms with Gasteiger partial charge in [0.1, 0.15) is 6.04 Å². The molecule has 0 aromatic rings. The van der Waals surface area contributed by atoms with Gasteiger partial charge in [-0.25, -0.2) is 0 Å². The standard InChI is InChI=1S/C6H11N3O4/c7-3(6(12)13)1-5(11)9-2-4(8)10/h3H,1-2,7H2,(H2,8,10)(H,9,11)(H,12,13)/t3-/m0/s1. The van der Waals surface area contributed by atoms with Gasteiger partial charge in [-0.05, 0) is 0 Å². The molecule has 0 fully saturated rings. The minimum absolute atomic E-state index is 0.314. The van der Waals surface area contributed by atoms with Gasteiger partial charge in [-0.3, -0.25) is 14.4 Å². The third kappa shape index (κ3) is 5.62. The van der Waals surface area contributed by atoms with E-state index < -0.39 is 23.8 Å². The molecule has 0 spiro atoms. The van der Waals surface area contributed by atoms with E-state index in [-0.39, 0.29) is 13.0 Å². The average molecular weight is 189 g/mol. The number of carbonyl (C=O) groups is 3. The summed E-state index contributed by atoms with van der Waals surface area (Å²) >= 11 is 0. The van der Waals surface area contributed by atoms with E-state index in [0.717, 1.165) is 0 Å². The number of aliphatic carboxylic acids is 1. The number of primary amides is 1. The minimum atomic E-state index is -1.27. The van der Waals surface area contributed by atoms with Crippen molar-refractivity contribution in [3.8, 4) is 0 Å². The number of carboxylic acid groups (broad SMARTS) is 1. The van der Waals surface area contributed by atoms with Crippen molar-refractivity contribution in [2.75, 3.05) is 6.54 Å². The van der Waals surface area contributed by atoms with Crippen LogP contribution in [0.5, 0.6) is 0 Å². The molecule has 0 saturated carbocycles. The Labute approximate surface area is 74.1 Å². The molecule has 0 saturated heterocycles. The van der Waals surface area contributed by atoms with Crippen LogP contribution < -0.4 is 16.8 Å². The summed E-state index contributed by atoms with van der Waals surface area (Å²) in [6.07, 6.45) is -0.372. The quantitative estimate of drug-likeness (QED) is 0.375. The van der Waals surface area contributed by atoms with E-state index in [0.29, 0.717) is 0 Å². The highest BCUT2D eigenvalue weighted by Gasteiger charge is 2.15. The highest BCUT2D eigenvalue weighted by molar-refractivity contribution is 5.87. The molecule has 6 N–H and O–H groups in total. The highest BCUT2D eigenvalue weighted by atomic mass is 16.4. The second-order valence-corrected chi connectivity index (χ2v) is 2.39. The van der Waals surface area contributed by atoms with Crippen molar-refractivity contribution in [3.63, 3.8) is 0 Å². The molecule has 0 radical (unpaired) electrons. The summed E-state index contributed by atoms with van der Waals surface area (Å²) in [6.45, 7) is -0.314. The van der Waals surface area contributed by atoms with Gasteiger partial charge in [0.05, 0.1) is 13.0 Å². The highest BCUT2D eigenvalue weighted by Crippen LogP contribution is 1.87. The largest absolute Gasteiger partial charge is 0.480 e. The number of hydrogen-bond donors (Lipinski definition) is 4. The average Bonchev–Trinajstić information content (AvgIpc) is 2.00. The van der Waals surface area contributed by atoms with Crippen molar-refractivity contribution in [2.45, 2.75) is 12.5 Å². The van der Waals surface area contributed by atoms with E-state index in [1.807, 2.05) is 0 Å². The fraction of sp³-hybridized carbons (Fsp3) is 0.500. The van der Waals surface area contributed by atoms with Crippen LogP contribution in [0.3, 0.4) is 0 Å². The summed E-state index contributed by atoms with van der Waals surface area (Å²) in [7, 11) is 0. The van der Waals surface area contributed by atoms with Crippen LogP contribution in [0.25, 0.3) is 0 Å². The van der Waals surface area contributed by atoms with E-state index in [2.05, 4.69) is 5.32 Å². The lowest BCUT2D eigenvalue weighted by atomic mass is 10.2. The maximum absolute atomic E-state index is 10.8. The molecule has 0 aromatic heterocycles. The van der Waals surface area contributed by atoms with Crippen LogP contribution in [-0.2, 0) is 14.4 Å². The predicted octanol–water partition coefficient (Wildman–Crippen LogP) is -2.61. The van der Waals surface area contributed by atoms with Crippen molar-refractivity contribution in [1.29, 1.82) is 0 Å². The zero-order valence-electron chi connectivity index (χ0n) is 6.82. The van der Waals surface area contributed by atoms with Crippen LogP contribution >= 0.6 is 0 Å². The molecule has 74 valence electrons.